The first-order valence-corrected chi connectivity index (χ1v) is 8.41. The first-order chi connectivity index (χ1) is 10.0. The van der Waals surface area contributed by atoms with Crippen LogP contribution in [-0.2, 0) is 5.88 Å². The van der Waals surface area contributed by atoms with Gasteiger partial charge >= 0.3 is 0 Å². The Hall–Kier alpha value is -1.10. The second-order valence-corrected chi connectivity index (χ2v) is 6.91. The van der Waals surface area contributed by atoms with Gasteiger partial charge in [0, 0.05) is 0 Å². The Morgan fingerprint density at radius 1 is 1.29 bits per heavy atom. The van der Waals surface area contributed by atoms with E-state index in [0.717, 1.165) is 27.6 Å². The summed E-state index contributed by atoms with van der Waals surface area (Å²) in [7, 11) is 0. The van der Waals surface area contributed by atoms with Gasteiger partial charge in [0.1, 0.15) is 5.82 Å². The zero-order chi connectivity index (χ0) is 15.1. The number of imidazole rings is 1. The number of aryl methyl sites for hydroxylation is 2. The topological polar surface area (TPSA) is 30.7 Å². The van der Waals surface area contributed by atoms with Crippen molar-refractivity contribution >= 4 is 45.6 Å². The number of aromatic nitrogens is 3. The van der Waals surface area contributed by atoms with Gasteiger partial charge in [-0.05, 0) is 32.9 Å². The highest BCUT2D eigenvalue weighted by atomic mass is 35.5. The Morgan fingerprint density at radius 2 is 2.05 bits per heavy atom. The van der Waals surface area contributed by atoms with E-state index in [0.29, 0.717) is 10.9 Å². The molecule has 0 aliphatic rings. The number of rotatable bonds is 3. The highest BCUT2D eigenvalue weighted by Gasteiger charge is 2.21. The molecule has 1 atom stereocenters. The molecule has 3 aromatic rings. The molecule has 0 spiro atoms. The molecular weight excluding hydrogens is 325 g/mol. The summed E-state index contributed by atoms with van der Waals surface area (Å²) in [5.74, 6) is 1.18. The molecule has 0 fully saturated rings. The molecule has 0 aliphatic carbocycles. The van der Waals surface area contributed by atoms with Gasteiger partial charge in [0.25, 0.3) is 0 Å². The molecule has 3 nitrogen and oxygen atoms in total. The van der Waals surface area contributed by atoms with Crippen LogP contribution in [0.25, 0.3) is 11.0 Å². The first kappa shape index (κ1) is 14.8. The number of thiazole rings is 1. The van der Waals surface area contributed by atoms with E-state index in [9.17, 15) is 0 Å². The lowest BCUT2D eigenvalue weighted by Gasteiger charge is -2.16. The summed E-state index contributed by atoms with van der Waals surface area (Å²) >= 11 is 14.2. The van der Waals surface area contributed by atoms with Crippen LogP contribution in [0.4, 0.5) is 0 Å². The fourth-order valence-corrected chi connectivity index (χ4v) is 4.14. The number of hydrogen-bond donors (Lipinski definition) is 0. The van der Waals surface area contributed by atoms with Crippen molar-refractivity contribution in [3.8, 4) is 0 Å². The molecule has 0 N–H and O–H groups in total. The van der Waals surface area contributed by atoms with E-state index in [4.69, 9.17) is 23.2 Å². The van der Waals surface area contributed by atoms with Crippen LogP contribution in [0.5, 0.6) is 0 Å². The highest BCUT2D eigenvalue weighted by Crippen LogP contribution is 2.34. The number of alkyl halides is 1. The number of benzene rings is 1. The fraction of sp³-hybridized carbons (Fsp3) is 0.333. The first-order valence-electron chi connectivity index (χ1n) is 6.68. The normalized spacial score (nSPS) is 13.0. The second kappa shape index (κ2) is 5.59. The van der Waals surface area contributed by atoms with Crippen LogP contribution >= 0.6 is 34.5 Å². The van der Waals surface area contributed by atoms with Gasteiger partial charge in [-0.15, -0.1) is 22.9 Å². The number of nitrogens with zero attached hydrogens (tertiary/aromatic N) is 3. The smallest absolute Gasteiger partial charge is 0.125 e. The maximum atomic E-state index is 6.39. The molecule has 21 heavy (non-hydrogen) atoms. The van der Waals surface area contributed by atoms with Gasteiger partial charge in [0.15, 0.2) is 0 Å². The van der Waals surface area contributed by atoms with E-state index in [1.54, 1.807) is 11.3 Å². The Balaban J connectivity index is 2.25. The molecule has 1 aromatic carbocycles. The predicted octanol–water partition coefficient (Wildman–Crippen LogP) is 5.11. The van der Waals surface area contributed by atoms with Crippen LogP contribution in [0.3, 0.4) is 0 Å². The maximum Gasteiger partial charge on any atom is 0.125 e. The summed E-state index contributed by atoms with van der Waals surface area (Å²) < 4.78 is 2.13. The molecule has 2 aromatic heterocycles. The largest absolute Gasteiger partial charge is 0.318 e. The van der Waals surface area contributed by atoms with Gasteiger partial charge in [-0.25, -0.2) is 9.97 Å². The molecule has 1 unspecified atom stereocenters. The van der Waals surface area contributed by atoms with Gasteiger partial charge in [-0.1, -0.05) is 17.7 Å². The van der Waals surface area contributed by atoms with Crippen LogP contribution in [0.2, 0.25) is 5.02 Å². The van der Waals surface area contributed by atoms with Gasteiger partial charge in [0.05, 0.1) is 43.6 Å². The minimum Gasteiger partial charge on any atom is -0.318 e. The van der Waals surface area contributed by atoms with Crippen LogP contribution in [0, 0.1) is 13.8 Å². The maximum absolute atomic E-state index is 6.39. The highest BCUT2D eigenvalue weighted by molar-refractivity contribution is 7.11. The molecule has 0 radical (unpaired) electrons. The molecule has 0 saturated heterocycles. The molecule has 0 bridgehead atoms. The SMILES string of the molecule is Cc1nc(C)c(C(C)n2c(CCl)nc3cccc(Cl)c32)s1. The third-order valence-corrected chi connectivity index (χ3v) is 5.35. The Labute approximate surface area is 137 Å². The number of para-hydroxylation sites is 1. The van der Waals surface area contributed by atoms with Gasteiger partial charge in [0.2, 0.25) is 0 Å². The van der Waals surface area contributed by atoms with Crippen molar-refractivity contribution in [2.75, 3.05) is 0 Å². The van der Waals surface area contributed by atoms with Crippen molar-refractivity contribution in [2.45, 2.75) is 32.7 Å². The Morgan fingerprint density at radius 3 is 2.67 bits per heavy atom. The molecular formula is C15H15Cl2N3S. The van der Waals surface area contributed by atoms with Crippen molar-refractivity contribution in [3.05, 3.63) is 44.6 Å². The standard InChI is InChI=1S/C15H15Cl2N3S/c1-8-15(21-10(3)18-8)9(2)20-13(7-16)19-12-6-4-5-11(17)14(12)20/h4-6,9H,7H2,1-3H3. The molecule has 0 amide bonds. The molecule has 2 heterocycles. The summed E-state index contributed by atoms with van der Waals surface area (Å²) in [5, 5.41) is 1.76. The zero-order valence-corrected chi connectivity index (χ0v) is 14.4. The van der Waals surface area contributed by atoms with Crippen LogP contribution in [0.15, 0.2) is 18.2 Å². The van der Waals surface area contributed by atoms with Crippen LogP contribution in [-0.4, -0.2) is 14.5 Å². The lowest BCUT2D eigenvalue weighted by molar-refractivity contribution is 0.639. The second-order valence-electron chi connectivity index (χ2n) is 5.00. The van der Waals surface area contributed by atoms with Crippen molar-refractivity contribution in [3.63, 3.8) is 0 Å². The van der Waals surface area contributed by atoms with E-state index in [2.05, 4.69) is 21.5 Å². The summed E-state index contributed by atoms with van der Waals surface area (Å²) in [6, 6.07) is 5.87. The van der Waals surface area contributed by atoms with Crippen molar-refractivity contribution in [1.82, 2.24) is 14.5 Å². The third-order valence-electron chi connectivity index (χ3n) is 3.56. The molecule has 110 valence electrons. The number of hydrogen-bond acceptors (Lipinski definition) is 3. The van der Waals surface area contributed by atoms with E-state index in [-0.39, 0.29) is 6.04 Å². The molecule has 6 heteroatoms. The molecule has 0 aliphatic heterocycles. The van der Waals surface area contributed by atoms with E-state index in [1.807, 2.05) is 32.0 Å². The van der Waals surface area contributed by atoms with Gasteiger partial charge in [-0.3, -0.25) is 0 Å². The Bertz CT molecular complexity index is 807. The van der Waals surface area contributed by atoms with Crippen molar-refractivity contribution in [1.29, 1.82) is 0 Å². The third kappa shape index (κ3) is 2.45. The van der Waals surface area contributed by atoms with Gasteiger partial charge in [-0.2, -0.15) is 0 Å². The fourth-order valence-electron chi connectivity index (χ4n) is 2.72. The average Bonchev–Trinajstić information content (AvgIpc) is 2.98. The van der Waals surface area contributed by atoms with E-state index >= 15 is 0 Å². The minimum atomic E-state index is 0.106. The predicted molar refractivity (Wildman–Crippen MR) is 89.7 cm³/mol. The minimum absolute atomic E-state index is 0.106. The summed E-state index contributed by atoms with van der Waals surface area (Å²) in [4.78, 5) is 10.3. The number of fused-ring (bicyclic) bond motifs is 1. The van der Waals surface area contributed by atoms with E-state index in [1.165, 1.54) is 4.88 Å². The van der Waals surface area contributed by atoms with E-state index < -0.39 is 0 Å². The molecule has 0 saturated carbocycles. The Kier molecular flexibility index (Phi) is 3.95. The summed E-state index contributed by atoms with van der Waals surface area (Å²) in [5.41, 5.74) is 2.87. The zero-order valence-electron chi connectivity index (χ0n) is 12.0. The monoisotopic (exact) mass is 339 g/mol. The number of halogens is 2. The van der Waals surface area contributed by atoms with Crippen molar-refractivity contribution in [2.24, 2.45) is 0 Å². The average molecular weight is 340 g/mol. The van der Waals surface area contributed by atoms with Crippen LogP contribution < -0.4 is 0 Å². The van der Waals surface area contributed by atoms with Crippen molar-refractivity contribution < 1.29 is 0 Å². The summed E-state index contributed by atoms with van der Waals surface area (Å²) in [6.45, 7) is 6.20. The van der Waals surface area contributed by atoms with Crippen LogP contribution in [0.1, 0.15) is 34.4 Å². The molecule has 3 rings (SSSR count). The quantitative estimate of drug-likeness (QED) is 0.620. The lowest BCUT2D eigenvalue weighted by atomic mass is 10.2. The lowest BCUT2D eigenvalue weighted by Crippen LogP contribution is -2.10. The van der Waals surface area contributed by atoms with Gasteiger partial charge < -0.3 is 4.57 Å². The summed E-state index contributed by atoms with van der Waals surface area (Å²) in [6.07, 6.45) is 0.